The lowest BCUT2D eigenvalue weighted by atomic mass is 10.1. The van der Waals surface area contributed by atoms with Crippen LogP contribution in [-0.2, 0) is 11.3 Å². The molecule has 0 spiro atoms. The Morgan fingerprint density at radius 1 is 1.05 bits per heavy atom. The van der Waals surface area contributed by atoms with Crippen molar-refractivity contribution in [3.8, 4) is 28.5 Å². The number of aryl methyl sites for hydroxylation is 1. The monoisotopic (exact) mass is 531 g/mol. The zero-order valence-corrected chi connectivity index (χ0v) is 21.6. The Bertz CT molecular complexity index is 1590. The summed E-state index contributed by atoms with van der Waals surface area (Å²) < 4.78 is 34.7. The van der Waals surface area contributed by atoms with E-state index >= 15 is 4.39 Å². The largest absolute Gasteiger partial charge is 0.488 e. The second-order valence-corrected chi connectivity index (χ2v) is 10.5. The highest BCUT2D eigenvalue weighted by Crippen LogP contribution is 2.36. The van der Waals surface area contributed by atoms with Crippen molar-refractivity contribution in [2.45, 2.75) is 32.4 Å². The van der Waals surface area contributed by atoms with Gasteiger partial charge in [0.25, 0.3) is 0 Å². The van der Waals surface area contributed by atoms with E-state index in [0.717, 1.165) is 17.7 Å². The molecule has 0 unspecified atom stereocenters. The molecule has 3 aromatic heterocycles. The van der Waals surface area contributed by atoms with Gasteiger partial charge in [-0.15, -0.1) is 11.3 Å². The number of thiophene rings is 1. The Kier molecular flexibility index (Phi) is 6.65. The molecular formula is C28H26FN5O3S. The average Bonchev–Trinajstić information content (AvgIpc) is 3.53. The van der Waals surface area contributed by atoms with Gasteiger partial charge in [0.15, 0.2) is 5.65 Å². The molecule has 0 bridgehead atoms. The molecule has 38 heavy (non-hydrogen) atoms. The Labute approximate surface area is 222 Å². The number of aromatic nitrogens is 4. The molecule has 0 amide bonds. The average molecular weight is 532 g/mol. The summed E-state index contributed by atoms with van der Waals surface area (Å²) >= 11 is 1.70. The van der Waals surface area contributed by atoms with Gasteiger partial charge in [-0.25, -0.2) is 19.0 Å². The van der Waals surface area contributed by atoms with Crippen LogP contribution in [0.2, 0.25) is 0 Å². The van der Waals surface area contributed by atoms with Gasteiger partial charge in [-0.05, 0) is 56.2 Å². The molecule has 2 N–H and O–H groups in total. The topological polar surface area (TPSA) is 97.3 Å². The van der Waals surface area contributed by atoms with E-state index < -0.39 is 5.82 Å². The second kappa shape index (κ2) is 10.4. The van der Waals surface area contributed by atoms with E-state index in [0.29, 0.717) is 59.4 Å². The van der Waals surface area contributed by atoms with Gasteiger partial charge in [-0.2, -0.15) is 5.10 Å². The van der Waals surface area contributed by atoms with Crippen molar-refractivity contribution < 1.29 is 18.6 Å². The normalized spacial score (nSPS) is 14.2. The summed E-state index contributed by atoms with van der Waals surface area (Å²) in [6.45, 7) is 3.83. The Balaban J connectivity index is 1.25. The van der Waals surface area contributed by atoms with Crippen LogP contribution in [0.5, 0.6) is 17.2 Å². The molecule has 194 valence electrons. The molecule has 6 rings (SSSR count). The third kappa shape index (κ3) is 4.92. The van der Waals surface area contributed by atoms with Gasteiger partial charge < -0.3 is 19.9 Å². The number of ether oxygens (including phenoxy) is 3. The third-order valence-corrected chi connectivity index (χ3v) is 7.44. The fraction of sp³-hybridized carbons (Fsp3) is 0.250. The first kappa shape index (κ1) is 24.3. The standard InChI is InChI=1S/C28H26FN5O3S/c1-17-5-7-22(38-17)15-36-19-3-2-4-20(13-19)37-21-6-8-23(24(29)14-21)26-25-27(30)31-16-32-28(25)34(33-26)18-9-11-35-12-10-18/h2-8,13-14,16,18H,9-12,15H2,1H3,(H2,30,31,32). The van der Waals surface area contributed by atoms with Crippen molar-refractivity contribution in [2.24, 2.45) is 0 Å². The van der Waals surface area contributed by atoms with Crippen molar-refractivity contribution in [1.82, 2.24) is 19.7 Å². The highest BCUT2D eigenvalue weighted by Gasteiger charge is 2.25. The van der Waals surface area contributed by atoms with Crippen LogP contribution in [-0.4, -0.2) is 33.0 Å². The van der Waals surface area contributed by atoms with Crippen molar-refractivity contribution in [3.63, 3.8) is 0 Å². The van der Waals surface area contributed by atoms with Crippen LogP contribution in [0.25, 0.3) is 22.3 Å². The van der Waals surface area contributed by atoms with Crippen molar-refractivity contribution in [3.05, 3.63) is 76.5 Å². The number of hydrogen-bond donors (Lipinski definition) is 1. The molecule has 1 aliphatic heterocycles. The van der Waals surface area contributed by atoms with Crippen molar-refractivity contribution >= 4 is 28.2 Å². The molecule has 8 nitrogen and oxygen atoms in total. The minimum absolute atomic E-state index is 0.0957. The number of hydrogen-bond acceptors (Lipinski definition) is 8. The molecule has 2 aromatic carbocycles. The van der Waals surface area contributed by atoms with Crippen LogP contribution in [0.15, 0.2) is 60.9 Å². The zero-order chi connectivity index (χ0) is 26.1. The zero-order valence-electron chi connectivity index (χ0n) is 20.8. The third-order valence-electron chi connectivity index (χ3n) is 6.47. The van der Waals surface area contributed by atoms with Gasteiger partial charge in [0, 0.05) is 40.7 Å². The molecular weight excluding hydrogens is 505 g/mol. The summed E-state index contributed by atoms with van der Waals surface area (Å²) in [5.41, 5.74) is 7.51. The molecule has 10 heteroatoms. The Hall–Kier alpha value is -4.02. The van der Waals surface area contributed by atoms with E-state index in [1.807, 2.05) is 16.8 Å². The predicted octanol–water partition coefficient (Wildman–Crippen LogP) is 6.31. The van der Waals surface area contributed by atoms with E-state index in [1.54, 1.807) is 35.6 Å². The minimum atomic E-state index is -0.482. The van der Waals surface area contributed by atoms with E-state index in [-0.39, 0.29) is 11.9 Å². The maximum absolute atomic E-state index is 15.5. The summed E-state index contributed by atoms with van der Waals surface area (Å²) in [5, 5.41) is 5.30. The summed E-state index contributed by atoms with van der Waals surface area (Å²) in [6.07, 6.45) is 3.00. The van der Waals surface area contributed by atoms with Gasteiger partial charge in [0.2, 0.25) is 0 Å². The number of halogens is 1. The quantitative estimate of drug-likeness (QED) is 0.263. The molecule has 0 aliphatic carbocycles. The smallest absolute Gasteiger partial charge is 0.164 e. The predicted molar refractivity (Wildman–Crippen MR) is 144 cm³/mol. The number of nitrogen functional groups attached to an aromatic ring is 1. The second-order valence-electron chi connectivity index (χ2n) is 9.11. The molecule has 0 radical (unpaired) electrons. The Morgan fingerprint density at radius 2 is 1.87 bits per heavy atom. The van der Waals surface area contributed by atoms with Gasteiger partial charge in [-0.3, -0.25) is 0 Å². The van der Waals surface area contributed by atoms with Gasteiger partial charge >= 0.3 is 0 Å². The highest BCUT2D eigenvalue weighted by molar-refractivity contribution is 7.11. The molecule has 4 heterocycles. The number of anilines is 1. The van der Waals surface area contributed by atoms with Gasteiger partial charge in [-0.1, -0.05) is 6.07 Å². The summed E-state index contributed by atoms with van der Waals surface area (Å²) in [4.78, 5) is 10.9. The maximum atomic E-state index is 15.5. The maximum Gasteiger partial charge on any atom is 0.164 e. The fourth-order valence-electron chi connectivity index (χ4n) is 4.60. The van der Waals surface area contributed by atoms with Crippen LogP contribution in [0.3, 0.4) is 0 Å². The molecule has 1 saturated heterocycles. The van der Waals surface area contributed by atoms with Gasteiger partial charge in [0.1, 0.15) is 47.5 Å². The molecule has 5 aromatic rings. The summed E-state index contributed by atoms with van der Waals surface area (Å²) in [7, 11) is 0. The van der Waals surface area contributed by atoms with Crippen molar-refractivity contribution in [2.75, 3.05) is 18.9 Å². The van der Waals surface area contributed by atoms with Gasteiger partial charge in [0.05, 0.1) is 11.4 Å². The highest BCUT2D eigenvalue weighted by atomic mass is 32.1. The van der Waals surface area contributed by atoms with E-state index in [1.165, 1.54) is 17.3 Å². The lowest BCUT2D eigenvalue weighted by Gasteiger charge is -2.22. The minimum Gasteiger partial charge on any atom is -0.488 e. The van der Waals surface area contributed by atoms with Crippen LogP contribution in [0.1, 0.15) is 28.6 Å². The number of nitrogens with two attached hydrogens (primary N) is 1. The van der Waals surface area contributed by atoms with Crippen molar-refractivity contribution in [1.29, 1.82) is 0 Å². The summed E-state index contributed by atoms with van der Waals surface area (Å²) in [6, 6.07) is 16.2. The van der Waals surface area contributed by atoms with Crippen LogP contribution in [0, 0.1) is 12.7 Å². The molecule has 0 atom stereocenters. The van der Waals surface area contributed by atoms with Crippen LogP contribution < -0.4 is 15.2 Å². The Morgan fingerprint density at radius 3 is 2.66 bits per heavy atom. The van der Waals surface area contributed by atoms with Crippen LogP contribution >= 0.6 is 11.3 Å². The molecule has 0 saturated carbocycles. The lowest BCUT2D eigenvalue weighted by Crippen LogP contribution is -2.20. The fourth-order valence-corrected chi connectivity index (χ4v) is 5.40. The summed E-state index contributed by atoms with van der Waals surface area (Å²) in [5.74, 6) is 1.35. The number of nitrogens with zero attached hydrogens (tertiary/aromatic N) is 4. The first-order valence-electron chi connectivity index (χ1n) is 12.4. The first-order valence-corrected chi connectivity index (χ1v) is 13.2. The SMILES string of the molecule is Cc1ccc(COc2cccc(Oc3ccc(-c4nn(C5CCOCC5)c5ncnc(N)c45)c(F)c3)c2)s1. The molecule has 1 fully saturated rings. The lowest BCUT2D eigenvalue weighted by molar-refractivity contribution is 0.0674. The first-order chi connectivity index (χ1) is 18.5. The number of rotatable bonds is 7. The van der Waals surface area contributed by atoms with Crippen LogP contribution in [0.4, 0.5) is 10.2 Å². The number of fused-ring (bicyclic) bond motifs is 1. The molecule has 1 aliphatic rings. The number of benzene rings is 2. The van der Waals surface area contributed by atoms with E-state index in [2.05, 4.69) is 29.0 Å². The van der Waals surface area contributed by atoms with E-state index in [9.17, 15) is 0 Å². The van der Waals surface area contributed by atoms with E-state index in [4.69, 9.17) is 25.0 Å².